The van der Waals surface area contributed by atoms with Crippen molar-refractivity contribution in [3.8, 4) is 0 Å². The van der Waals surface area contributed by atoms with Crippen LogP contribution in [0.5, 0.6) is 0 Å². The predicted molar refractivity (Wildman–Crippen MR) is 104 cm³/mol. The summed E-state index contributed by atoms with van der Waals surface area (Å²) >= 11 is 1.17. The molecule has 0 saturated carbocycles. The standard InChI is InChI=1S/C19H15FN2O4S2/c20-14-4-1-3-13(9-14)12-22-16-6-8-27-19(16)18(23)17(28(22,24)25)11-21-10-15-5-2-7-26-15/h1-9,11,21H,10,12H2/b17-11-. The molecule has 2 aromatic heterocycles. The van der Waals surface area contributed by atoms with Gasteiger partial charge in [-0.2, -0.15) is 0 Å². The van der Waals surface area contributed by atoms with E-state index in [1.807, 2.05) is 0 Å². The SMILES string of the molecule is O=C1/C(=C/NCc2ccco2)S(=O)(=O)N(Cc2cccc(F)c2)c2ccsc21. The van der Waals surface area contributed by atoms with E-state index in [9.17, 15) is 17.6 Å². The predicted octanol–water partition coefficient (Wildman–Crippen LogP) is 3.64. The highest BCUT2D eigenvalue weighted by Gasteiger charge is 2.41. The zero-order valence-electron chi connectivity index (χ0n) is 14.5. The van der Waals surface area contributed by atoms with Crippen LogP contribution in [0.4, 0.5) is 10.1 Å². The molecule has 0 spiro atoms. The molecular formula is C19H15FN2O4S2. The lowest BCUT2D eigenvalue weighted by Gasteiger charge is -2.29. The molecule has 0 saturated heterocycles. The van der Waals surface area contributed by atoms with Gasteiger partial charge in [0.15, 0.2) is 4.91 Å². The molecule has 0 bridgehead atoms. The molecule has 3 heterocycles. The first-order valence-corrected chi connectivity index (χ1v) is 10.6. The van der Waals surface area contributed by atoms with Gasteiger partial charge in [-0.3, -0.25) is 9.10 Å². The summed E-state index contributed by atoms with van der Waals surface area (Å²) in [5.74, 6) is -0.414. The number of ketones is 1. The van der Waals surface area contributed by atoms with Gasteiger partial charge in [-0.25, -0.2) is 12.8 Å². The number of rotatable bonds is 5. The van der Waals surface area contributed by atoms with Gasteiger partial charge >= 0.3 is 0 Å². The molecule has 1 N–H and O–H groups in total. The van der Waals surface area contributed by atoms with Crippen LogP contribution in [0.15, 0.2) is 69.6 Å². The second-order valence-corrected chi connectivity index (χ2v) is 8.82. The number of nitrogens with one attached hydrogen (secondary N) is 1. The highest BCUT2D eigenvalue weighted by Crippen LogP contribution is 2.39. The van der Waals surface area contributed by atoms with Crippen molar-refractivity contribution in [3.05, 3.63) is 87.2 Å². The summed E-state index contributed by atoms with van der Waals surface area (Å²) in [6, 6.07) is 10.7. The van der Waals surface area contributed by atoms with Crippen LogP contribution in [0.3, 0.4) is 0 Å². The van der Waals surface area contributed by atoms with Gasteiger partial charge in [0.25, 0.3) is 10.0 Å². The monoisotopic (exact) mass is 418 g/mol. The lowest BCUT2D eigenvalue weighted by atomic mass is 10.2. The number of carbonyl (C=O) groups excluding carboxylic acids is 1. The third kappa shape index (κ3) is 3.34. The van der Waals surface area contributed by atoms with E-state index in [1.165, 1.54) is 42.0 Å². The van der Waals surface area contributed by atoms with E-state index in [1.54, 1.807) is 29.6 Å². The van der Waals surface area contributed by atoms with E-state index in [0.29, 0.717) is 21.9 Å². The van der Waals surface area contributed by atoms with Gasteiger partial charge in [0.2, 0.25) is 5.78 Å². The van der Waals surface area contributed by atoms with Crippen molar-refractivity contribution in [3.63, 3.8) is 0 Å². The molecule has 0 fully saturated rings. The second kappa shape index (κ2) is 7.25. The quantitative estimate of drug-likeness (QED) is 0.640. The van der Waals surface area contributed by atoms with Crippen molar-refractivity contribution in [2.45, 2.75) is 13.1 Å². The normalized spacial score (nSPS) is 17.0. The van der Waals surface area contributed by atoms with E-state index in [2.05, 4.69) is 5.32 Å². The fourth-order valence-electron chi connectivity index (χ4n) is 2.91. The van der Waals surface area contributed by atoms with Crippen molar-refractivity contribution in [1.82, 2.24) is 5.32 Å². The molecule has 28 heavy (non-hydrogen) atoms. The number of halogens is 1. The van der Waals surface area contributed by atoms with Gasteiger partial charge in [-0.1, -0.05) is 12.1 Å². The Morgan fingerprint density at radius 1 is 1.21 bits per heavy atom. The number of furan rings is 1. The summed E-state index contributed by atoms with van der Waals surface area (Å²) in [6.45, 7) is 0.160. The molecule has 1 aromatic carbocycles. The van der Waals surface area contributed by atoms with Gasteiger partial charge < -0.3 is 9.73 Å². The van der Waals surface area contributed by atoms with Crippen molar-refractivity contribution < 1.29 is 22.0 Å². The van der Waals surface area contributed by atoms with Gasteiger partial charge in [0.05, 0.1) is 25.0 Å². The molecule has 0 unspecified atom stereocenters. The first kappa shape index (κ1) is 18.5. The van der Waals surface area contributed by atoms with Gasteiger partial charge in [0, 0.05) is 6.20 Å². The van der Waals surface area contributed by atoms with Crippen molar-refractivity contribution in [1.29, 1.82) is 0 Å². The molecule has 144 valence electrons. The first-order chi connectivity index (χ1) is 13.5. The summed E-state index contributed by atoms with van der Waals surface area (Å²) in [5, 5.41) is 4.48. The summed E-state index contributed by atoms with van der Waals surface area (Å²) in [5.41, 5.74) is 0.792. The Labute approximate surface area is 165 Å². The molecule has 0 radical (unpaired) electrons. The summed E-state index contributed by atoms with van der Waals surface area (Å²) < 4.78 is 46.2. The molecule has 6 nitrogen and oxygen atoms in total. The van der Waals surface area contributed by atoms with Gasteiger partial charge in [0.1, 0.15) is 16.5 Å². The third-order valence-electron chi connectivity index (χ3n) is 4.22. The van der Waals surface area contributed by atoms with Crippen LogP contribution in [-0.4, -0.2) is 14.2 Å². The smallest absolute Gasteiger partial charge is 0.270 e. The number of allylic oxidation sites excluding steroid dienone is 1. The third-order valence-corrected chi connectivity index (χ3v) is 6.88. The van der Waals surface area contributed by atoms with Crippen LogP contribution >= 0.6 is 11.3 Å². The fraction of sp³-hybridized carbons (Fsp3) is 0.105. The number of hydrogen-bond acceptors (Lipinski definition) is 6. The maximum absolute atomic E-state index is 13.5. The van der Waals surface area contributed by atoms with Crippen LogP contribution in [0.1, 0.15) is 21.0 Å². The Kier molecular flexibility index (Phi) is 4.78. The van der Waals surface area contributed by atoms with Gasteiger partial charge in [-0.05, 0) is 41.3 Å². The van der Waals surface area contributed by atoms with Crippen LogP contribution < -0.4 is 9.62 Å². The molecule has 3 aromatic rings. The largest absolute Gasteiger partial charge is 0.467 e. The Hall–Kier alpha value is -2.91. The molecule has 4 rings (SSSR count). The average molecular weight is 418 g/mol. The van der Waals surface area contributed by atoms with E-state index in [0.717, 1.165) is 4.31 Å². The lowest BCUT2D eigenvalue weighted by Crippen LogP contribution is -2.38. The minimum atomic E-state index is -4.11. The van der Waals surface area contributed by atoms with Gasteiger partial charge in [-0.15, -0.1) is 11.3 Å². The number of sulfonamides is 1. The summed E-state index contributed by atoms with van der Waals surface area (Å²) in [6.07, 6.45) is 2.70. The van der Waals surface area contributed by atoms with E-state index in [4.69, 9.17) is 4.42 Å². The number of Topliss-reactive ketones (excluding diaryl/α,β-unsaturated/α-hetero) is 1. The van der Waals surface area contributed by atoms with Crippen molar-refractivity contribution in [2.24, 2.45) is 0 Å². The Bertz CT molecular complexity index is 1150. The highest BCUT2D eigenvalue weighted by molar-refractivity contribution is 7.97. The maximum Gasteiger partial charge on any atom is 0.270 e. The zero-order valence-corrected chi connectivity index (χ0v) is 16.1. The van der Waals surface area contributed by atoms with Crippen LogP contribution in [0.25, 0.3) is 0 Å². The number of carbonyl (C=O) groups is 1. The topological polar surface area (TPSA) is 79.6 Å². The number of anilines is 1. The van der Waals surface area contributed by atoms with Crippen molar-refractivity contribution in [2.75, 3.05) is 4.31 Å². The molecule has 1 aliphatic rings. The van der Waals surface area contributed by atoms with Crippen LogP contribution in [-0.2, 0) is 23.1 Å². The molecule has 0 atom stereocenters. The summed E-state index contributed by atoms with van der Waals surface area (Å²) in [4.78, 5) is 12.7. The summed E-state index contributed by atoms with van der Waals surface area (Å²) in [7, 11) is -4.11. The second-order valence-electron chi connectivity index (χ2n) is 6.07. The maximum atomic E-state index is 13.5. The van der Waals surface area contributed by atoms with E-state index >= 15 is 0 Å². The Balaban J connectivity index is 1.69. The van der Waals surface area contributed by atoms with E-state index in [-0.39, 0.29) is 18.0 Å². The zero-order chi connectivity index (χ0) is 19.7. The van der Waals surface area contributed by atoms with Crippen LogP contribution in [0, 0.1) is 5.82 Å². The van der Waals surface area contributed by atoms with E-state index < -0.39 is 21.6 Å². The minimum absolute atomic E-state index is 0.0768. The number of nitrogens with zero attached hydrogens (tertiary/aromatic N) is 1. The number of thiophene rings is 1. The molecule has 1 aliphatic heterocycles. The fourth-order valence-corrected chi connectivity index (χ4v) is 5.42. The van der Waals surface area contributed by atoms with Crippen molar-refractivity contribution >= 4 is 32.8 Å². The molecule has 9 heteroatoms. The molecular weight excluding hydrogens is 403 g/mol. The number of benzene rings is 1. The first-order valence-electron chi connectivity index (χ1n) is 8.32. The van der Waals surface area contributed by atoms with Crippen LogP contribution in [0.2, 0.25) is 0 Å². The molecule has 0 aliphatic carbocycles. The minimum Gasteiger partial charge on any atom is -0.467 e. The average Bonchev–Trinajstić information content (AvgIpc) is 3.33. The Morgan fingerprint density at radius 3 is 2.82 bits per heavy atom. The molecule has 0 amide bonds. The number of hydrogen-bond donors (Lipinski definition) is 1. The number of fused-ring (bicyclic) bond motifs is 1. The Morgan fingerprint density at radius 2 is 2.07 bits per heavy atom. The lowest BCUT2D eigenvalue weighted by molar-refractivity contribution is 0.104. The highest BCUT2D eigenvalue weighted by atomic mass is 32.2.